The van der Waals surface area contributed by atoms with Gasteiger partial charge in [0.2, 0.25) is 10.0 Å². The minimum absolute atomic E-state index is 0.226. The first-order valence-corrected chi connectivity index (χ1v) is 9.01. The fourth-order valence-corrected chi connectivity index (χ4v) is 3.14. The number of benzene rings is 1. The topological polar surface area (TPSA) is 58.2 Å². The summed E-state index contributed by atoms with van der Waals surface area (Å²) in [6.07, 6.45) is 3.35. The van der Waals surface area contributed by atoms with Crippen LogP contribution >= 0.6 is 0 Å². The number of unbranched alkanes of at least 4 members (excludes halogenated alkanes) is 1. The standard InChI is InChI=1S/C15H26N2O2S/c1-2-16-12-6-7-14-20(18,19)17-13-8-11-15-9-4-3-5-10-15/h3-5,9-10,16-17H,2,6-8,11-14H2,1H3. The monoisotopic (exact) mass is 298 g/mol. The van der Waals surface area contributed by atoms with Gasteiger partial charge in [-0.25, -0.2) is 13.1 Å². The lowest BCUT2D eigenvalue weighted by molar-refractivity contribution is 0.572. The number of sulfonamides is 1. The maximum absolute atomic E-state index is 11.7. The predicted molar refractivity (Wildman–Crippen MR) is 84.3 cm³/mol. The summed E-state index contributed by atoms with van der Waals surface area (Å²) in [6.45, 7) is 4.39. The molecule has 0 aliphatic rings. The van der Waals surface area contributed by atoms with E-state index in [0.717, 1.165) is 32.4 Å². The summed E-state index contributed by atoms with van der Waals surface area (Å²) in [5.74, 6) is 0.226. The Morgan fingerprint density at radius 1 is 1.00 bits per heavy atom. The molecule has 0 bridgehead atoms. The molecule has 0 aliphatic carbocycles. The van der Waals surface area contributed by atoms with Gasteiger partial charge in [0.05, 0.1) is 5.75 Å². The average Bonchev–Trinajstić information content (AvgIpc) is 2.44. The summed E-state index contributed by atoms with van der Waals surface area (Å²) in [4.78, 5) is 0. The van der Waals surface area contributed by atoms with Crippen molar-refractivity contribution < 1.29 is 8.42 Å². The third kappa shape index (κ3) is 8.30. The molecule has 0 aliphatic heterocycles. The van der Waals surface area contributed by atoms with E-state index in [1.54, 1.807) is 0 Å². The van der Waals surface area contributed by atoms with E-state index in [1.807, 2.05) is 25.1 Å². The van der Waals surface area contributed by atoms with E-state index in [1.165, 1.54) is 5.56 Å². The highest BCUT2D eigenvalue weighted by Crippen LogP contribution is 2.02. The molecule has 0 spiro atoms. The zero-order chi connectivity index (χ0) is 14.7. The van der Waals surface area contributed by atoms with Gasteiger partial charge in [0.1, 0.15) is 0 Å². The molecular weight excluding hydrogens is 272 g/mol. The molecule has 1 aromatic rings. The molecule has 114 valence electrons. The molecule has 0 heterocycles. The van der Waals surface area contributed by atoms with Crippen molar-refractivity contribution in [2.75, 3.05) is 25.4 Å². The lowest BCUT2D eigenvalue weighted by Gasteiger charge is -2.07. The lowest BCUT2D eigenvalue weighted by Crippen LogP contribution is -2.28. The highest BCUT2D eigenvalue weighted by atomic mass is 32.2. The molecule has 0 saturated heterocycles. The molecule has 0 aromatic heterocycles. The Bertz CT molecular complexity index is 446. The summed E-state index contributed by atoms with van der Waals surface area (Å²) in [6, 6.07) is 10.1. The lowest BCUT2D eigenvalue weighted by atomic mass is 10.1. The van der Waals surface area contributed by atoms with Crippen LogP contribution in [0.4, 0.5) is 0 Å². The number of hydrogen-bond acceptors (Lipinski definition) is 3. The molecule has 0 unspecified atom stereocenters. The van der Waals surface area contributed by atoms with Crippen LogP contribution in [0.5, 0.6) is 0 Å². The Morgan fingerprint density at radius 3 is 2.45 bits per heavy atom. The van der Waals surface area contributed by atoms with Crippen molar-refractivity contribution in [3.05, 3.63) is 35.9 Å². The van der Waals surface area contributed by atoms with Gasteiger partial charge in [0.25, 0.3) is 0 Å². The molecule has 0 fully saturated rings. The second-order valence-corrected chi connectivity index (χ2v) is 6.79. The Hall–Kier alpha value is -0.910. The summed E-state index contributed by atoms with van der Waals surface area (Å²) in [5.41, 5.74) is 1.25. The van der Waals surface area contributed by atoms with Crippen molar-refractivity contribution in [3.63, 3.8) is 0 Å². The molecule has 4 nitrogen and oxygen atoms in total. The molecule has 0 radical (unpaired) electrons. The molecule has 0 atom stereocenters. The molecule has 0 amide bonds. The maximum atomic E-state index is 11.7. The Labute approximate surface area is 123 Å². The van der Waals surface area contributed by atoms with Crippen LogP contribution in [0.3, 0.4) is 0 Å². The van der Waals surface area contributed by atoms with Gasteiger partial charge in [-0.3, -0.25) is 0 Å². The van der Waals surface area contributed by atoms with Crippen molar-refractivity contribution in [1.82, 2.24) is 10.0 Å². The minimum atomic E-state index is -3.10. The van der Waals surface area contributed by atoms with Crippen LogP contribution in [0.15, 0.2) is 30.3 Å². The van der Waals surface area contributed by atoms with E-state index in [0.29, 0.717) is 13.0 Å². The van der Waals surface area contributed by atoms with Crippen LogP contribution in [0.1, 0.15) is 31.7 Å². The van der Waals surface area contributed by atoms with Crippen molar-refractivity contribution in [3.8, 4) is 0 Å². The fourth-order valence-electron chi connectivity index (χ4n) is 1.96. The highest BCUT2D eigenvalue weighted by Gasteiger charge is 2.08. The van der Waals surface area contributed by atoms with Crippen LogP contribution in [-0.4, -0.2) is 33.8 Å². The Kier molecular flexibility index (Phi) is 8.49. The average molecular weight is 298 g/mol. The van der Waals surface area contributed by atoms with E-state index < -0.39 is 10.0 Å². The number of nitrogens with one attached hydrogen (secondary N) is 2. The summed E-state index contributed by atoms with van der Waals surface area (Å²) < 4.78 is 26.2. The highest BCUT2D eigenvalue weighted by molar-refractivity contribution is 7.89. The third-order valence-corrected chi connectivity index (χ3v) is 4.54. The van der Waals surface area contributed by atoms with Gasteiger partial charge in [-0.1, -0.05) is 37.3 Å². The van der Waals surface area contributed by atoms with Crippen LogP contribution in [-0.2, 0) is 16.4 Å². The molecule has 0 saturated carbocycles. The zero-order valence-electron chi connectivity index (χ0n) is 12.3. The third-order valence-electron chi connectivity index (χ3n) is 3.07. The van der Waals surface area contributed by atoms with Gasteiger partial charge in [-0.2, -0.15) is 0 Å². The Morgan fingerprint density at radius 2 is 1.75 bits per heavy atom. The van der Waals surface area contributed by atoms with Gasteiger partial charge in [-0.05, 0) is 44.3 Å². The summed E-state index contributed by atoms with van der Waals surface area (Å²) in [7, 11) is -3.10. The summed E-state index contributed by atoms with van der Waals surface area (Å²) >= 11 is 0. The van der Waals surface area contributed by atoms with E-state index in [-0.39, 0.29) is 5.75 Å². The van der Waals surface area contributed by atoms with Crippen LogP contribution in [0.25, 0.3) is 0 Å². The fraction of sp³-hybridized carbons (Fsp3) is 0.600. The first-order valence-electron chi connectivity index (χ1n) is 7.36. The molecular formula is C15H26N2O2S. The van der Waals surface area contributed by atoms with Gasteiger partial charge in [0.15, 0.2) is 0 Å². The Balaban J connectivity index is 2.10. The largest absolute Gasteiger partial charge is 0.317 e. The number of hydrogen-bond donors (Lipinski definition) is 2. The van der Waals surface area contributed by atoms with Crippen LogP contribution in [0.2, 0.25) is 0 Å². The SMILES string of the molecule is CCNCCCCS(=O)(=O)NCCCc1ccccc1. The second kappa shape index (κ2) is 9.91. The van der Waals surface area contributed by atoms with Gasteiger partial charge in [-0.15, -0.1) is 0 Å². The summed E-state index contributed by atoms with van der Waals surface area (Å²) in [5, 5.41) is 3.19. The molecule has 1 rings (SSSR count). The number of aryl methyl sites for hydroxylation is 1. The van der Waals surface area contributed by atoms with Crippen molar-refractivity contribution in [2.24, 2.45) is 0 Å². The van der Waals surface area contributed by atoms with Gasteiger partial charge >= 0.3 is 0 Å². The van der Waals surface area contributed by atoms with Crippen molar-refractivity contribution in [2.45, 2.75) is 32.6 Å². The van der Waals surface area contributed by atoms with E-state index in [4.69, 9.17) is 0 Å². The number of rotatable bonds is 11. The molecule has 2 N–H and O–H groups in total. The molecule has 1 aromatic carbocycles. The van der Waals surface area contributed by atoms with E-state index >= 15 is 0 Å². The normalized spacial score (nSPS) is 11.7. The molecule has 5 heteroatoms. The maximum Gasteiger partial charge on any atom is 0.211 e. The minimum Gasteiger partial charge on any atom is -0.317 e. The van der Waals surface area contributed by atoms with Gasteiger partial charge in [0, 0.05) is 6.54 Å². The van der Waals surface area contributed by atoms with Crippen LogP contribution < -0.4 is 10.0 Å². The predicted octanol–water partition coefficient (Wildman–Crippen LogP) is 1.93. The van der Waals surface area contributed by atoms with Crippen LogP contribution in [0, 0.1) is 0 Å². The zero-order valence-corrected chi connectivity index (χ0v) is 13.1. The smallest absolute Gasteiger partial charge is 0.211 e. The molecule has 20 heavy (non-hydrogen) atoms. The first-order chi connectivity index (χ1) is 9.64. The van der Waals surface area contributed by atoms with E-state index in [9.17, 15) is 8.42 Å². The van der Waals surface area contributed by atoms with Crippen molar-refractivity contribution >= 4 is 10.0 Å². The van der Waals surface area contributed by atoms with E-state index in [2.05, 4.69) is 22.2 Å². The quantitative estimate of drug-likeness (QED) is 0.614. The van der Waals surface area contributed by atoms with Crippen molar-refractivity contribution in [1.29, 1.82) is 0 Å². The second-order valence-electron chi connectivity index (χ2n) is 4.86. The first kappa shape index (κ1) is 17.1. The van der Waals surface area contributed by atoms with Gasteiger partial charge < -0.3 is 5.32 Å².